The highest BCUT2D eigenvalue weighted by atomic mass is 16.2. The summed E-state index contributed by atoms with van der Waals surface area (Å²) in [6.07, 6.45) is 6.30. The lowest BCUT2D eigenvalue weighted by Crippen LogP contribution is -2.35. The Labute approximate surface area is 114 Å². The van der Waals surface area contributed by atoms with E-state index in [4.69, 9.17) is 5.73 Å². The van der Waals surface area contributed by atoms with Crippen molar-refractivity contribution < 1.29 is 4.79 Å². The van der Waals surface area contributed by atoms with E-state index in [0.717, 1.165) is 37.9 Å². The van der Waals surface area contributed by atoms with Gasteiger partial charge in [-0.25, -0.2) is 0 Å². The molecule has 3 heteroatoms. The molecule has 1 aromatic rings. The molecule has 0 saturated heterocycles. The number of carbonyl (C=O) groups excluding carboxylic acids is 1. The Kier molecular flexibility index (Phi) is 3.56. The molecule has 1 aromatic carbocycles. The fourth-order valence-electron chi connectivity index (χ4n) is 2.91. The second-order valence-electron chi connectivity index (χ2n) is 5.80. The van der Waals surface area contributed by atoms with Gasteiger partial charge in [0.1, 0.15) is 0 Å². The summed E-state index contributed by atoms with van der Waals surface area (Å²) in [7, 11) is 0. The van der Waals surface area contributed by atoms with Gasteiger partial charge in [-0.15, -0.1) is 0 Å². The van der Waals surface area contributed by atoms with Crippen LogP contribution in [-0.4, -0.2) is 19.0 Å². The Bertz CT molecular complexity index is 480. The topological polar surface area (TPSA) is 46.3 Å². The highest BCUT2D eigenvalue weighted by molar-refractivity contribution is 5.94. The fourth-order valence-corrected chi connectivity index (χ4v) is 2.91. The lowest BCUT2D eigenvalue weighted by atomic mass is 9.97. The summed E-state index contributed by atoms with van der Waals surface area (Å²) in [5.74, 6) is 0.976. The van der Waals surface area contributed by atoms with Crippen LogP contribution >= 0.6 is 0 Å². The van der Waals surface area contributed by atoms with Crippen molar-refractivity contribution in [2.75, 3.05) is 18.0 Å². The molecule has 0 unspecified atom stereocenters. The monoisotopic (exact) mass is 258 g/mol. The normalized spacial score (nSPS) is 18.3. The number of nitrogens with two attached hydrogens (primary N) is 1. The van der Waals surface area contributed by atoms with Gasteiger partial charge in [0.2, 0.25) is 5.91 Å². The Morgan fingerprint density at radius 1 is 1.37 bits per heavy atom. The second-order valence-corrected chi connectivity index (χ2v) is 5.80. The molecular weight excluding hydrogens is 236 g/mol. The molecule has 3 nitrogen and oxygen atoms in total. The van der Waals surface area contributed by atoms with E-state index in [1.54, 1.807) is 0 Å². The van der Waals surface area contributed by atoms with E-state index in [9.17, 15) is 4.79 Å². The first-order valence-corrected chi connectivity index (χ1v) is 7.40. The van der Waals surface area contributed by atoms with E-state index in [-0.39, 0.29) is 0 Å². The van der Waals surface area contributed by atoms with E-state index in [2.05, 4.69) is 18.2 Å². The molecule has 2 aliphatic rings. The predicted molar refractivity (Wildman–Crippen MR) is 77.2 cm³/mol. The van der Waals surface area contributed by atoms with Gasteiger partial charge >= 0.3 is 0 Å². The van der Waals surface area contributed by atoms with Crippen molar-refractivity contribution >= 4 is 11.6 Å². The number of carbonyl (C=O) groups is 1. The maximum Gasteiger partial charge on any atom is 0.227 e. The van der Waals surface area contributed by atoms with Crippen LogP contribution in [0.1, 0.15) is 36.8 Å². The van der Waals surface area contributed by atoms with E-state index >= 15 is 0 Å². The van der Waals surface area contributed by atoms with Crippen LogP contribution in [0.25, 0.3) is 0 Å². The Morgan fingerprint density at radius 2 is 2.21 bits per heavy atom. The van der Waals surface area contributed by atoms with Crippen LogP contribution in [-0.2, 0) is 17.6 Å². The first-order chi connectivity index (χ1) is 9.28. The van der Waals surface area contributed by atoms with Crippen LogP contribution in [0.2, 0.25) is 0 Å². The zero-order valence-corrected chi connectivity index (χ0v) is 11.4. The number of benzene rings is 1. The number of hydrogen-bond donors (Lipinski definition) is 1. The first kappa shape index (κ1) is 12.7. The molecule has 1 aliphatic heterocycles. The van der Waals surface area contributed by atoms with E-state index < -0.39 is 0 Å². The number of rotatable bonds is 4. The average Bonchev–Trinajstić information content (AvgIpc) is 3.22. The molecule has 102 valence electrons. The summed E-state index contributed by atoms with van der Waals surface area (Å²) in [4.78, 5) is 14.3. The van der Waals surface area contributed by atoms with Crippen molar-refractivity contribution in [2.45, 2.75) is 38.5 Å². The van der Waals surface area contributed by atoms with Crippen molar-refractivity contribution in [2.24, 2.45) is 11.7 Å². The molecule has 0 bridgehead atoms. The van der Waals surface area contributed by atoms with E-state index in [1.807, 2.05) is 4.90 Å². The summed E-state index contributed by atoms with van der Waals surface area (Å²) < 4.78 is 0. The molecule has 1 saturated carbocycles. The predicted octanol–water partition coefficient (Wildman–Crippen LogP) is 2.27. The molecule has 1 amide bonds. The molecule has 19 heavy (non-hydrogen) atoms. The molecular formula is C16H22N2O. The summed E-state index contributed by atoms with van der Waals surface area (Å²) in [6.45, 7) is 1.57. The summed E-state index contributed by atoms with van der Waals surface area (Å²) in [5, 5.41) is 0. The summed E-state index contributed by atoms with van der Waals surface area (Å²) in [5.41, 5.74) is 9.36. The van der Waals surface area contributed by atoms with Crippen molar-refractivity contribution in [3.8, 4) is 0 Å². The van der Waals surface area contributed by atoms with Gasteiger partial charge in [0.05, 0.1) is 0 Å². The van der Waals surface area contributed by atoms with Crippen LogP contribution in [0.5, 0.6) is 0 Å². The molecule has 0 radical (unpaired) electrons. The van der Waals surface area contributed by atoms with Crippen LogP contribution in [0.3, 0.4) is 0 Å². The van der Waals surface area contributed by atoms with E-state index in [1.165, 1.54) is 24.0 Å². The molecule has 1 fully saturated rings. The number of amides is 1. The Balaban J connectivity index is 1.80. The summed E-state index contributed by atoms with van der Waals surface area (Å²) >= 11 is 0. The maximum atomic E-state index is 12.3. The summed E-state index contributed by atoms with van der Waals surface area (Å²) in [6, 6.07) is 6.47. The lowest BCUT2D eigenvalue weighted by Gasteiger charge is -2.30. The number of anilines is 1. The van der Waals surface area contributed by atoms with Crippen LogP contribution in [0.15, 0.2) is 18.2 Å². The van der Waals surface area contributed by atoms with Gasteiger partial charge in [0, 0.05) is 18.7 Å². The molecule has 0 atom stereocenters. The quantitative estimate of drug-likeness (QED) is 0.900. The maximum absolute atomic E-state index is 12.3. The Morgan fingerprint density at radius 3 is 2.95 bits per heavy atom. The standard InChI is InChI=1S/C16H22N2O/c17-8-7-13-5-6-15-14(10-13)2-1-9-18(15)16(19)11-12-3-4-12/h5-6,10,12H,1-4,7-9,11,17H2. The number of nitrogens with zero attached hydrogens (tertiary/aromatic N) is 1. The van der Waals surface area contributed by atoms with Gasteiger partial charge in [-0.1, -0.05) is 12.1 Å². The number of hydrogen-bond acceptors (Lipinski definition) is 2. The zero-order valence-electron chi connectivity index (χ0n) is 11.4. The minimum atomic E-state index is 0.315. The SMILES string of the molecule is NCCc1ccc2c(c1)CCCN2C(=O)CC1CC1. The number of aryl methyl sites for hydroxylation is 1. The fraction of sp³-hybridized carbons (Fsp3) is 0.562. The number of fused-ring (bicyclic) bond motifs is 1. The van der Waals surface area contributed by atoms with Gasteiger partial charge < -0.3 is 10.6 Å². The van der Waals surface area contributed by atoms with Crippen molar-refractivity contribution in [3.05, 3.63) is 29.3 Å². The van der Waals surface area contributed by atoms with Gasteiger partial charge in [0.15, 0.2) is 0 Å². The third-order valence-corrected chi connectivity index (χ3v) is 4.16. The largest absolute Gasteiger partial charge is 0.330 e. The van der Waals surface area contributed by atoms with Gasteiger partial charge in [-0.05, 0) is 61.8 Å². The minimum absolute atomic E-state index is 0.315. The molecule has 1 heterocycles. The third kappa shape index (κ3) is 2.81. The molecule has 1 aliphatic carbocycles. The first-order valence-electron chi connectivity index (χ1n) is 7.40. The zero-order chi connectivity index (χ0) is 13.2. The average molecular weight is 258 g/mol. The Hall–Kier alpha value is -1.35. The van der Waals surface area contributed by atoms with Crippen molar-refractivity contribution in [1.82, 2.24) is 0 Å². The van der Waals surface area contributed by atoms with E-state index in [0.29, 0.717) is 18.4 Å². The third-order valence-electron chi connectivity index (χ3n) is 4.16. The van der Waals surface area contributed by atoms with Crippen LogP contribution in [0, 0.1) is 5.92 Å². The van der Waals surface area contributed by atoms with Gasteiger partial charge in [0.25, 0.3) is 0 Å². The second kappa shape index (κ2) is 5.33. The smallest absolute Gasteiger partial charge is 0.227 e. The lowest BCUT2D eigenvalue weighted by molar-refractivity contribution is -0.119. The van der Waals surface area contributed by atoms with Gasteiger partial charge in [-0.2, -0.15) is 0 Å². The molecule has 3 rings (SSSR count). The van der Waals surface area contributed by atoms with Crippen molar-refractivity contribution in [3.63, 3.8) is 0 Å². The molecule has 0 spiro atoms. The molecule has 0 aromatic heterocycles. The highest BCUT2D eigenvalue weighted by Gasteiger charge is 2.29. The van der Waals surface area contributed by atoms with Crippen LogP contribution < -0.4 is 10.6 Å². The van der Waals surface area contributed by atoms with Crippen molar-refractivity contribution in [1.29, 1.82) is 0 Å². The highest BCUT2D eigenvalue weighted by Crippen LogP contribution is 2.35. The molecule has 2 N–H and O–H groups in total. The minimum Gasteiger partial charge on any atom is -0.330 e. The van der Waals surface area contributed by atoms with Crippen LogP contribution in [0.4, 0.5) is 5.69 Å². The van der Waals surface area contributed by atoms with Gasteiger partial charge in [-0.3, -0.25) is 4.79 Å².